The molecule has 0 bridgehead atoms. The second-order valence-corrected chi connectivity index (χ2v) is 8.76. The van der Waals surface area contributed by atoms with Crippen LogP contribution in [0.4, 0.5) is 5.69 Å². The Balaban J connectivity index is 2.51. The van der Waals surface area contributed by atoms with Gasteiger partial charge in [-0.05, 0) is 58.7 Å². The number of rotatable bonds is 5. The van der Waals surface area contributed by atoms with Gasteiger partial charge in [0.1, 0.15) is 5.52 Å². The van der Waals surface area contributed by atoms with E-state index in [0.29, 0.717) is 22.0 Å². The number of carbonyl (C=O) groups excluding carboxylic acids is 1. The third kappa shape index (κ3) is 4.32. The molecule has 0 aliphatic rings. The summed E-state index contributed by atoms with van der Waals surface area (Å²) in [6.45, 7) is 11.0. The Morgan fingerprint density at radius 2 is 1.74 bits per heavy atom. The number of ether oxygens (including phenoxy) is 2. The van der Waals surface area contributed by atoms with Crippen LogP contribution in [-0.4, -0.2) is 28.6 Å². The van der Waals surface area contributed by atoms with Crippen LogP contribution in [0.1, 0.15) is 49.3 Å². The lowest BCUT2D eigenvalue weighted by Crippen LogP contribution is -2.29. The van der Waals surface area contributed by atoms with Crippen LogP contribution < -0.4 is 0 Å². The fraction of sp³-hybridized carbons (Fsp3) is 0.375. The maximum Gasteiger partial charge on any atom is 0.339 e. The number of nitro groups is 1. The Morgan fingerprint density at radius 3 is 2.26 bits per heavy atom. The van der Waals surface area contributed by atoms with Gasteiger partial charge in [0, 0.05) is 22.2 Å². The minimum Gasteiger partial charge on any atom is -0.467 e. The number of hydrogen-bond acceptors (Lipinski definition) is 5. The van der Waals surface area contributed by atoms with Crippen LogP contribution >= 0.6 is 0 Å². The first-order valence-electron chi connectivity index (χ1n) is 10.1. The molecular weight excluding hydrogens is 396 g/mol. The van der Waals surface area contributed by atoms with E-state index in [2.05, 4.69) is 4.98 Å². The molecule has 3 aromatic rings. The summed E-state index contributed by atoms with van der Waals surface area (Å²) < 4.78 is 11.2. The molecule has 2 aromatic carbocycles. The van der Waals surface area contributed by atoms with Gasteiger partial charge in [-0.15, -0.1) is 0 Å². The predicted octanol–water partition coefficient (Wildman–Crippen LogP) is 5.70. The lowest BCUT2D eigenvalue weighted by molar-refractivity contribution is -0.383. The van der Waals surface area contributed by atoms with Crippen molar-refractivity contribution in [3.63, 3.8) is 0 Å². The smallest absolute Gasteiger partial charge is 0.339 e. The maximum atomic E-state index is 12.9. The van der Waals surface area contributed by atoms with Gasteiger partial charge < -0.3 is 14.5 Å². The number of aryl methyl sites for hydroxylation is 2. The number of hydrogen-bond donors (Lipinski definition) is 1. The summed E-state index contributed by atoms with van der Waals surface area (Å²) in [5.41, 5.74) is 3.93. The van der Waals surface area contributed by atoms with Crippen molar-refractivity contribution in [2.75, 3.05) is 7.11 Å². The van der Waals surface area contributed by atoms with Crippen molar-refractivity contribution in [1.29, 1.82) is 0 Å². The van der Waals surface area contributed by atoms with Crippen LogP contribution in [0.3, 0.4) is 0 Å². The highest BCUT2D eigenvalue weighted by Gasteiger charge is 2.36. The Morgan fingerprint density at radius 1 is 1.13 bits per heavy atom. The number of benzene rings is 2. The molecule has 0 unspecified atom stereocenters. The van der Waals surface area contributed by atoms with Crippen molar-refractivity contribution in [2.24, 2.45) is 0 Å². The molecule has 1 aromatic heterocycles. The van der Waals surface area contributed by atoms with Crippen LogP contribution in [0.2, 0.25) is 0 Å². The molecule has 0 saturated carbocycles. The first kappa shape index (κ1) is 22.5. The van der Waals surface area contributed by atoms with Gasteiger partial charge in [-0.25, -0.2) is 4.79 Å². The number of aromatic nitrogens is 1. The number of fused-ring (bicyclic) bond motifs is 1. The fourth-order valence-electron chi connectivity index (χ4n) is 3.89. The summed E-state index contributed by atoms with van der Waals surface area (Å²) >= 11 is 0. The van der Waals surface area contributed by atoms with E-state index in [1.54, 1.807) is 6.92 Å². The van der Waals surface area contributed by atoms with E-state index in [0.717, 1.165) is 22.4 Å². The van der Waals surface area contributed by atoms with E-state index in [9.17, 15) is 14.9 Å². The Labute approximate surface area is 181 Å². The quantitative estimate of drug-likeness (QED) is 0.322. The lowest BCUT2D eigenvalue weighted by Gasteiger charge is -2.29. The second kappa shape index (κ2) is 8.15. The monoisotopic (exact) mass is 424 g/mol. The first-order chi connectivity index (χ1) is 14.4. The average molecular weight is 424 g/mol. The number of methoxy groups -OCH3 is 1. The highest BCUT2D eigenvalue weighted by Crippen LogP contribution is 2.45. The third-order valence-corrected chi connectivity index (χ3v) is 5.16. The zero-order valence-electron chi connectivity index (χ0n) is 19.0. The van der Waals surface area contributed by atoms with Crippen LogP contribution in [0.5, 0.6) is 0 Å². The van der Waals surface area contributed by atoms with Gasteiger partial charge in [0.15, 0.2) is 6.10 Å². The van der Waals surface area contributed by atoms with Crippen LogP contribution in [-0.2, 0) is 14.3 Å². The molecular formula is C24H28N2O5. The Bertz CT molecular complexity index is 1150. The van der Waals surface area contributed by atoms with E-state index in [1.165, 1.54) is 7.11 Å². The van der Waals surface area contributed by atoms with Crippen molar-refractivity contribution in [1.82, 2.24) is 4.98 Å². The number of nitro benzene ring substituents is 1. The molecule has 1 N–H and O–H groups in total. The van der Waals surface area contributed by atoms with Gasteiger partial charge in [0.25, 0.3) is 5.69 Å². The molecule has 3 rings (SSSR count). The third-order valence-electron chi connectivity index (χ3n) is 5.16. The van der Waals surface area contributed by atoms with E-state index < -0.39 is 22.6 Å². The SMILES string of the molecule is COC(=O)[C@@H](OC(C)(C)C)c1c(C)c([N+](=O)[O-])c2[nH]c(C)cc2c1-c1ccc(C)cc1. The lowest BCUT2D eigenvalue weighted by atomic mass is 9.87. The van der Waals surface area contributed by atoms with Gasteiger partial charge in [-0.3, -0.25) is 10.1 Å². The summed E-state index contributed by atoms with van der Waals surface area (Å²) in [5, 5.41) is 12.7. The molecule has 0 amide bonds. The normalized spacial score (nSPS) is 12.7. The van der Waals surface area contributed by atoms with Gasteiger partial charge in [-0.2, -0.15) is 0 Å². The van der Waals surface area contributed by atoms with Crippen molar-refractivity contribution in [3.05, 3.63) is 62.8 Å². The number of H-pyrrole nitrogens is 1. The van der Waals surface area contributed by atoms with Gasteiger partial charge >= 0.3 is 5.97 Å². The topological polar surface area (TPSA) is 94.5 Å². The Hall–Kier alpha value is -3.19. The van der Waals surface area contributed by atoms with E-state index in [4.69, 9.17) is 9.47 Å². The first-order valence-corrected chi connectivity index (χ1v) is 10.1. The number of nitrogens with one attached hydrogen (secondary N) is 1. The average Bonchev–Trinajstić information content (AvgIpc) is 3.05. The molecule has 7 heteroatoms. The predicted molar refractivity (Wildman–Crippen MR) is 120 cm³/mol. The van der Waals surface area contributed by atoms with Crippen molar-refractivity contribution < 1.29 is 19.2 Å². The number of carbonyl (C=O) groups is 1. The molecule has 7 nitrogen and oxygen atoms in total. The molecule has 0 saturated heterocycles. The second-order valence-electron chi connectivity index (χ2n) is 8.76. The van der Waals surface area contributed by atoms with Crippen LogP contribution in [0.15, 0.2) is 30.3 Å². The standard InChI is InChI=1S/C24H28N2O5/c1-13-8-10-16(11-9-13)19-17-12-14(2)25-20(17)21(26(28)29)15(3)18(19)22(23(27)30-7)31-24(4,5)6/h8-12,22,25H,1-7H3/t22-/m0/s1. The van der Waals surface area contributed by atoms with Crippen molar-refractivity contribution >= 4 is 22.6 Å². The summed E-state index contributed by atoms with van der Waals surface area (Å²) in [6.07, 6.45) is -1.13. The summed E-state index contributed by atoms with van der Waals surface area (Å²) in [5.74, 6) is -0.604. The highest BCUT2D eigenvalue weighted by atomic mass is 16.6. The van der Waals surface area contributed by atoms with Gasteiger partial charge in [0.2, 0.25) is 0 Å². The molecule has 0 spiro atoms. The molecule has 0 radical (unpaired) electrons. The van der Waals surface area contributed by atoms with Crippen LogP contribution in [0.25, 0.3) is 22.0 Å². The van der Waals surface area contributed by atoms with E-state index >= 15 is 0 Å². The molecule has 164 valence electrons. The summed E-state index contributed by atoms with van der Waals surface area (Å²) in [7, 11) is 1.29. The molecule has 1 atom stereocenters. The van der Waals surface area contributed by atoms with E-state index in [1.807, 2.05) is 65.0 Å². The zero-order valence-corrected chi connectivity index (χ0v) is 19.0. The molecule has 0 fully saturated rings. The van der Waals surface area contributed by atoms with Gasteiger partial charge in [0.05, 0.1) is 17.6 Å². The Kier molecular flexibility index (Phi) is 5.91. The number of nitrogens with zero attached hydrogens (tertiary/aromatic N) is 1. The number of esters is 1. The summed E-state index contributed by atoms with van der Waals surface area (Å²) in [6, 6.07) is 9.71. The highest BCUT2D eigenvalue weighted by molar-refractivity contribution is 6.05. The number of aromatic amines is 1. The molecule has 1 heterocycles. The minimum absolute atomic E-state index is 0.0691. The molecule has 0 aliphatic carbocycles. The maximum absolute atomic E-state index is 12.9. The molecule has 0 aliphatic heterocycles. The minimum atomic E-state index is -1.13. The van der Waals surface area contributed by atoms with Crippen molar-refractivity contribution in [3.8, 4) is 11.1 Å². The van der Waals surface area contributed by atoms with Gasteiger partial charge in [-0.1, -0.05) is 29.8 Å². The zero-order chi connectivity index (χ0) is 23.1. The largest absolute Gasteiger partial charge is 0.467 e. The fourth-order valence-corrected chi connectivity index (χ4v) is 3.89. The van der Waals surface area contributed by atoms with E-state index in [-0.39, 0.29) is 5.69 Å². The summed E-state index contributed by atoms with van der Waals surface area (Å²) in [4.78, 5) is 27.7. The van der Waals surface area contributed by atoms with Crippen LogP contribution in [0, 0.1) is 30.9 Å². The molecule has 31 heavy (non-hydrogen) atoms. The van der Waals surface area contributed by atoms with Crippen molar-refractivity contribution in [2.45, 2.75) is 53.2 Å².